The van der Waals surface area contributed by atoms with Crippen molar-refractivity contribution in [3.63, 3.8) is 0 Å². The zero-order chi connectivity index (χ0) is 14.4. The number of rotatable bonds is 1. The lowest BCUT2D eigenvalue weighted by molar-refractivity contribution is -0.187. The highest BCUT2D eigenvalue weighted by Gasteiger charge is 2.64. The maximum Gasteiger partial charge on any atom is 0.420 e. The predicted molar refractivity (Wildman–Crippen MR) is 56.9 cm³/mol. The third-order valence-corrected chi connectivity index (χ3v) is 2.84. The molecule has 0 saturated carbocycles. The Kier molecular flexibility index (Phi) is 2.76. The van der Waals surface area contributed by atoms with E-state index in [-0.39, 0.29) is 5.69 Å². The van der Waals surface area contributed by atoms with Crippen LogP contribution in [0.3, 0.4) is 0 Å². The van der Waals surface area contributed by atoms with Crippen molar-refractivity contribution in [3.05, 3.63) is 30.1 Å². The van der Waals surface area contributed by atoms with Crippen molar-refractivity contribution < 1.29 is 27.2 Å². The van der Waals surface area contributed by atoms with Crippen molar-refractivity contribution in [3.8, 4) is 0 Å². The molecule has 0 radical (unpaired) electrons. The third-order valence-electron chi connectivity index (χ3n) is 2.84. The Morgan fingerprint density at radius 1 is 1.16 bits per heavy atom. The van der Waals surface area contributed by atoms with Gasteiger partial charge >= 0.3 is 12.2 Å². The van der Waals surface area contributed by atoms with Crippen LogP contribution < -0.4 is 10.2 Å². The lowest BCUT2D eigenvalue weighted by atomic mass is 10.0. The molecule has 1 aliphatic heterocycles. The molecule has 1 heterocycles. The van der Waals surface area contributed by atoms with Gasteiger partial charge in [0.2, 0.25) is 5.54 Å². The van der Waals surface area contributed by atoms with E-state index in [1.165, 1.54) is 0 Å². The van der Waals surface area contributed by atoms with Gasteiger partial charge in [0, 0.05) is 0 Å². The molecule has 1 N–H and O–H groups in total. The van der Waals surface area contributed by atoms with Crippen LogP contribution in [0.25, 0.3) is 0 Å². The molecule has 1 fully saturated rings. The highest BCUT2D eigenvalue weighted by Crippen LogP contribution is 2.36. The summed E-state index contributed by atoms with van der Waals surface area (Å²) in [7, 11) is 0. The predicted octanol–water partition coefficient (Wildman–Crippen LogP) is 2.20. The van der Waals surface area contributed by atoms with Gasteiger partial charge in [0.15, 0.2) is 0 Å². The molecule has 0 bridgehead atoms. The number of benzene rings is 1. The van der Waals surface area contributed by atoms with E-state index in [9.17, 15) is 27.2 Å². The molecule has 3 amide bonds. The quantitative estimate of drug-likeness (QED) is 0.631. The van der Waals surface area contributed by atoms with Gasteiger partial charge in [0.05, 0.1) is 5.69 Å². The average Bonchev–Trinajstić information content (AvgIpc) is 2.52. The fourth-order valence-corrected chi connectivity index (χ4v) is 1.66. The van der Waals surface area contributed by atoms with E-state index in [1.807, 2.05) is 0 Å². The molecular weight excluding hydrogens is 268 g/mol. The summed E-state index contributed by atoms with van der Waals surface area (Å²) in [6, 6.07) is 2.79. The number of anilines is 1. The molecule has 19 heavy (non-hydrogen) atoms. The molecule has 0 spiro atoms. The van der Waals surface area contributed by atoms with E-state index in [2.05, 4.69) is 0 Å². The Labute approximate surface area is 105 Å². The molecule has 1 unspecified atom stereocenters. The zero-order valence-electron chi connectivity index (χ0n) is 9.58. The smallest absolute Gasteiger partial charge is 0.315 e. The number of nitrogens with one attached hydrogen (secondary N) is 1. The Balaban J connectivity index is 2.42. The van der Waals surface area contributed by atoms with Crippen molar-refractivity contribution in [2.24, 2.45) is 0 Å². The number of imide groups is 1. The van der Waals surface area contributed by atoms with Crippen molar-refractivity contribution >= 4 is 17.6 Å². The number of alkyl halides is 3. The van der Waals surface area contributed by atoms with Gasteiger partial charge in [0.25, 0.3) is 5.91 Å². The van der Waals surface area contributed by atoms with Crippen LogP contribution in [0.5, 0.6) is 0 Å². The molecule has 8 heteroatoms. The van der Waals surface area contributed by atoms with Crippen LogP contribution in [0.1, 0.15) is 6.92 Å². The number of nitrogens with zero attached hydrogens (tertiary/aromatic N) is 1. The van der Waals surface area contributed by atoms with Crippen LogP contribution >= 0.6 is 0 Å². The summed E-state index contributed by atoms with van der Waals surface area (Å²) in [5, 5.41) is 1.60. The maximum atomic E-state index is 12.8. The molecule has 1 aliphatic rings. The van der Waals surface area contributed by atoms with Crippen LogP contribution in [0.4, 0.5) is 28.0 Å². The minimum absolute atomic E-state index is 0.128. The molecule has 0 aromatic heterocycles. The van der Waals surface area contributed by atoms with Gasteiger partial charge in [-0.25, -0.2) is 14.1 Å². The SMILES string of the molecule is CC1(C(F)(F)F)NC(=O)N(c2ccc(F)cc2)C1=O. The van der Waals surface area contributed by atoms with Gasteiger partial charge in [-0.05, 0) is 31.2 Å². The summed E-state index contributed by atoms with van der Waals surface area (Å²) in [4.78, 5) is 23.7. The number of hydrogen-bond acceptors (Lipinski definition) is 2. The second-order valence-electron chi connectivity index (χ2n) is 4.17. The number of hydrogen-bond donors (Lipinski definition) is 1. The molecule has 102 valence electrons. The largest absolute Gasteiger partial charge is 0.420 e. The molecule has 1 saturated heterocycles. The lowest BCUT2D eigenvalue weighted by Crippen LogP contribution is -2.56. The van der Waals surface area contributed by atoms with Crippen LogP contribution in [0.15, 0.2) is 24.3 Å². The van der Waals surface area contributed by atoms with Gasteiger partial charge in [-0.2, -0.15) is 13.2 Å². The zero-order valence-corrected chi connectivity index (χ0v) is 9.58. The summed E-state index contributed by atoms with van der Waals surface area (Å²) in [6.07, 6.45) is -4.92. The van der Waals surface area contributed by atoms with E-state index >= 15 is 0 Å². The van der Waals surface area contributed by atoms with Crippen LogP contribution in [-0.2, 0) is 4.79 Å². The molecule has 4 nitrogen and oxygen atoms in total. The lowest BCUT2D eigenvalue weighted by Gasteiger charge is -2.24. The van der Waals surface area contributed by atoms with E-state index < -0.39 is 29.5 Å². The molecule has 0 aliphatic carbocycles. The first kappa shape index (κ1) is 13.3. The first-order valence-electron chi connectivity index (χ1n) is 5.16. The first-order chi connectivity index (χ1) is 8.67. The molecule has 1 atom stereocenters. The van der Waals surface area contributed by atoms with Crippen LogP contribution in [0, 0.1) is 5.82 Å². The first-order valence-corrected chi connectivity index (χ1v) is 5.16. The fraction of sp³-hybridized carbons (Fsp3) is 0.273. The summed E-state index contributed by atoms with van der Waals surface area (Å²) in [6.45, 7) is 0.580. The van der Waals surface area contributed by atoms with E-state index in [4.69, 9.17) is 0 Å². The standard InChI is InChI=1S/C11H8F4N2O2/c1-10(11(13,14)15)8(18)17(9(19)16-10)7-4-2-6(12)3-5-7/h2-5H,1H3,(H,16,19). The minimum atomic E-state index is -4.92. The normalized spacial score (nSPS) is 23.7. The summed E-state index contributed by atoms with van der Waals surface area (Å²) < 4.78 is 51.1. The second-order valence-corrected chi connectivity index (χ2v) is 4.17. The van der Waals surface area contributed by atoms with Crippen molar-refractivity contribution in [2.45, 2.75) is 18.6 Å². The van der Waals surface area contributed by atoms with Crippen molar-refractivity contribution in [2.75, 3.05) is 4.90 Å². The summed E-state index contributed by atoms with van der Waals surface area (Å²) in [5.41, 5.74) is -3.10. The molecular formula is C11H8F4N2O2. The Morgan fingerprint density at radius 2 is 1.68 bits per heavy atom. The number of urea groups is 1. The monoisotopic (exact) mass is 276 g/mol. The topological polar surface area (TPSA) is 49.4 Å². The van der Waals surface area contributed by atoms with Crippen molar-refractivity contribution in [1.82, 2.24) is 5.32 Å². The Hall–Kier alpha value is -2.12. The highest BCUT2D eigenvalue weighted by molar-refractivity contribution is 6.23. The molecule has 1 aromatic rings. The van der Waals surface area contributed by atoms with Crippen LogP contribution in [0.2, 0.25) is 0 Å². The Bertz CT molecular complexity index is 541. The number of amides is 3. The maximum absolute atomic E-state index is 12.8. The number of carbonyl (C=O) groups is 2. The van der Waals surface area contributed by atoms with E-state index in [0.29, 0.717) is 11.8 Å². The minimum Gasteiger partial charge on any atom is -0.315 e. The molecule has 1 aromatic carbocycles. The fourth-order valence-electron chi connectivity index (χ4n) is 1.66. The van der Waals surface area contributed by atoms with Gasteiger partial charge in [0.1, 0.15) is 5.82 Å². The number of halogens is 4. The molecule has 2 rings (SSSR count). The number of carbonyl (C=O) groups excluding carboxylic acids is 2. The van der Waals surface area contributed by atoms with Crippen molar-refractivity contribution in [1.29, 1.82) is 0 Å². The third kappa shape index (κ3) is 1.92. The Morgan fingerprint density at radius 3 is 2.11 bits per heavy atom. The second kappa shape index (κ2) is 3.94. The van der Waals surface area contributed by atoms with Crippen LogP contribution in [-0.4, -0.2) is 23.7 Å². The van der Waals surface area contributed by atoms with Gasteiger partial charge in [-0.15, -0.1) is 0 Å². The summed E-state index contributed by atoms with van der Waals surface area (Å²) >= 11 is 0. The highest BCUT2D eigenvalue weighted by atomic mass is 19.4. The van der Waals surface area contributed by atoms with E-state index in [0.717, 1.165) is 24.3 Å². The van der Waals surface area contributed by atoms with Gasteiger partial charge in [-0.1, -0.05) is 0 Å². The average molecular weight is 276 g/mol. The van der Waals surface area contributed by atoms with E-state index in [1.54, 1.807) is 5.32 Å². The van der Waals surface area contributed by atoms with Gasteiger partial charge < -0.3 is 5.32 Å². The summed E-state index contributed by atoms with van der Waals surface area (Å²) in [5.74, 6) is -2.08. The van der Waals surface area contributed by atoms with Gasteiger partial charge in [-0.3, -0.25) is 4.79 Å².